The molecule has 0 saturated heterocycles. The quantitative estimate of drug-likeness (QED) is 0.329. The number of benzene rings is 4. The summed E-state index contributed by atoms with van der Waals surface area (Å²) in [6.07, 6.45) is 0.659. The van der Waals surface area contributed by atoms with Crippen LogP contribution in [0.1, 0.15) is 38.5 Å². The molecule has 0 unspecified atom stereocenters. The molecular weight excluding hydrogens is 384 g/mol. The predicted octanol–water partition coefficient (Wildman–Crippen LogP) is 6.35. The van der Waals surface area contributed by atoms with Crippen molar-refractivity contribution in [2.75, 3.05) is 6.61 Å². The Morgan fingerprint density at radius 2 is 1.42 bits per heavy atom. The summed E-state index contributed by atoms with van der Waals surface area (Å²) in [7, 11) is 0. The minimum atomic E-state index is -0.304. The first-order valence-corrected chi connectivity index (χ1v) is 10.5. The van der Waals surface area contributed by atoms with Crippen LogP contribution in [0.5, 0.6) is 11.5 Å². The van der Waals surface area contributed by atoms with Crippen LogP contribution in [-0.2, 0) is 11.2 Å². The average Bonchev–Trinajstić information content (AvgIpc) is 3.14. The summed E-state index contributed by atoms with van der Waals surface area (Å²) in [6, 6.07) is 30.3. The predicted molar refractivity (Wildman–Crippen MR) is 120 cm³/mol. The maximum atomic E-state index is 13.1. The molecule has 4 aromatic carbocycles. The Morgan fingerprint density at radius 3 is 2.19 bits per heavy atom. The SMILES string of the molecule is O=C(OCC1c2ccccc2-c2ccccc21)c1cccc2c1Cc1ccccc1O2. The van der Waals surface area contributed by atoms with E-state index in [4.69, 9.17) is 9.47 Å². The lowest BCUT2D eigenvalue weighted by molar-refractivity contribution is 0.0492. The van der Waals surface area contributed by atoms with Gasteiger partial charge in [0.15, 0.2) is 0 Å². The molecule has 4 aromatic rings. The molecule has 0 saturated carbocycles. The van der Waals surface area contributed by atoms with Gasteiger partial charge in [-0.15, -0.1) is 0 Å². The Labute approximate surface area is 180 Å². The molecule has 0 bridgehead atoms. The van der Waals surface area contributed by atoms with Gasteiger partial charge in [-0.3, -0.25) is 0 Å². The van der Waals surface area contributed by atoms with Crippen LogP contribution in [0.2, 0.25) is 0 Å². The molecule has 1 aliphatic heterocycles. The van der Waals surface area contributed by atoms with Gasteiger partial charge in [0.1, 0.15) is 18.1 Å². The van der Waals surface area contributed by atoms with Crippen molar-refractivity contribution in [2.45, 2.75) is 12.3 Å². The van der Waals surface area contributed by atoms with Gasteiger partial charge in [-0.1, -0.05) is 72.8 Å². The van der Waals surface area contributed by atoms with Gasteiger partial charge in [-0.05, 0) is 46.0 Å². The molecule has 0 radical (unpaired) electrons. The van der Waals surface area contributed by atoms with E-state index >= 15 is 0 Å². The summed E-state index contributed by atoms with van der Waals surface area (Å²) in [5, 5.41) is 0. The lowest BCUT2D eigenvalue weighted by Crippen LogP contribution is -2.16. The highest BCUT2D eigenvalue weighted by Gasteiger charge is 2.30. The van der Waals surface area contributed by atoms with E-state index in [0.717, 1.165) is 22.6 Å². The Hall–Kier alpha value is -3.85. The van der Waals surface area contributed by atoms with Gasteiger partial charge in [0.25, 0.3) is 0 Å². The van der Waals surface area contributed by atoms with E-state index in [-0.39, 0.29) is 11.9 Å². The lowest BCUT2D eigenvalue weighted by atomic mass is 9.95. The van der Waals surface area contributed by atoms with Crippen LogP contribution >= 0.6 is 0 Å². The fourth-order valence-corrected chi connectivity index (χ4v) is 4.77. The Bertz CT molecular complexity index is 1280. The highest BCUT2D eigenvalue weighted by molar-refractivity contribution is 5.92. The Balaban J connectivity index is 1.28. The second kappa shape index (κ2) is 7.13. The average molecular weight is 404 g/mol. The minimum absolute atomic E-state index is 0.0489. The first kappa shape index (κ1) is 18.0. The largest absolute Gasteiger partial charge is 0.461 e. The summed E-state index contributed by atoms with van der Waals surface area (Å²) in [4.78, 5) is 13.1. The first-order valence-electron chi connectivity index (χ1n) is 10.5. The first-order chi connectivity index (χ1) is 15.3. The number of fused-ring (bicyclic) bond motifs is 5. The van der Waals surface area contributed by atoms with Crippen molar-refractivity contribution in [1.29, 1.82) is 0 Å². The maximum absolute atomic E-state index is 13.1. The third kappa shape index (κ3) is 2.93. The maximum Gasteiger partial charge on any atom is 0.338 e. The Kier molecular flexibility index (Phi) is 4.13. The van der Waals surface area contributed by atoms with E-state index in [1.165, 1.54) is 22.3 Å². The number of hydrogen-bond donors (Lipinski definition) is 0. The fraction of sp³-hybridized carbons (Fsp3) is 0.107. The zero-order valence-electron chi connectivity index (χ0n) is 16.9. The minimum Gasteiger partial charge on any atom is -0.461 e. The van der Waals surface area contributed by atoms with Crippen LogP contribution in [-0.4, -0.2) is 12.6 Å². The molecule has 0 fully saturated rings. The van der Waals surface area contributed by atoms with E-state index in [1.54, 1.807) is 0 Å². The van der Waals surface area contributed by atoms with E-state index < -0.39 is 0 Å². The van der Waals surface area contributed by atoms with Crippen LogP contribution in [0.25, 0.3) is 11.1 Å². The van der Waals surface area contributed by atoms with Crippen LogP contribution in [0.15, 0.2) is 91.0 Å². The number of carbonyl (C=O) groups is 1. The monoisotopic (exact) mass is 404 g/mol. The third-order valence-corrected chi connectivity index (χ3v) is 6.26. The van der Waals surface area contributed by atoms with E-state index in [9.17, 15) is 4.79 Å². The number of carbonyl (C=O) groups excluding carboxylic acids is 1. The smallest absolute Gasteiger partial charge is 0.338 e. The van der Waals surface area contributed by atoms with Gasteiger partial charge in [-0.2, -0.15) is 0 Å². The van der Waals surface area contributed by atoms with E-state index in [0.29, 0.717) is 18.6 Å². The van der Waals surface area contributed by atoms with Crippen LogP contribution in [0.4, 0.5) is 0 Å². The highest BCUT2D eigenvalue weighted by atomic mass is 16.5. The second-order valence-electron chi connectivity index (χ2n) is 7.99. The second-order valence-corrected chi connectivity index (χ2v) is 7.99. The van der Waals surface area contributed by atoms with Crippen molar-refractivity contribution < 1.29 is 14.3 Å². The summed E-state index contributed by atoms with van der Waals surface area (Å²) >= 11 is 0. The van der Waals surface area contributed by atoms with E-state index in [2.05, 4.69) is 36.4 Å². The number of hydrogen-bond acceptors (Lipinski definition) is 3. The molecule has 3 nitrogen and oxygen atoms in total. The molecule has 0 amide bonds. The molecule has 150 valence electrons. The van der Waals surface area contributed by atoms with Gasteiger partial charge in [0.2, 0.25) is 0 Å². The van der Waals surface area contributed by atoms with Gasteiger partial charge in [0.05, 0.1) is 5.56 Å². The molecule has 1 heterocycles. The van der Waals surface area contributed by atoms with Crippen molar-refractivity contribution in [3.05, 3.63) is 119 Å². The lowest BCUT2D eigenvalue weighted by Gasteiger charge is -2.22. The summed E-state index contributed by atoms with van der Waals surface area (Å²) in [5.74, 6) is 1.32. The van der Waals surface area contributed by atoms with Crippen LogP contribution in [0.3, 0.4) is 0 Å². The van der Waals surface area contributed by atoms with E-state index in [1.807, 2.05) is 54.6 Å². The summed E-state index contributed by atoms with van der Waals surface area (Å²) < 4.78 is 11.9. The molecule has 1 aliphatic carbocycles. The van der Waals surface area contributed by atoms with Crippen molar-refractivity contribution >= 4 is 5.97 Å². The molecule has 31 heavy (non-hydrogen) atoms. The molecule has 0 aromatic heterocycles. The molecule has 0 N–H and O–H groups in total. The topological polar surface area (TPSA) is 35.5 Å². The zero-order chi connectivity index (χ0) is 20.8. The molecule has 6 rings (SSSR count). The molecule has 3 heteroatoms. The van der Waals surface area contributed by atoms with Gasteiger partial charge in [-0.25, -0.2) is 4.79 Å². The fourth-order valence-electron chi connectivity index (χ4n) is 4.77. The van der Waals surface area contributed by atoms with Gasteiger partial charge < -0.3 is 9.47 Å². The molecular formula is C28H20O3. The number of rotatable bonds is 3. The molecule has 2 aliphatic rings. The van der Waals surface area contributed by atoms with Crippen LogP contribution < -0.4 is 4.74 Å². The number of para-hydroxylation sites is 1. The van der Waals surface area contributed by atoms with Crippen LogP contribution in [0, 0.1) is 0 Å². The third-order valence-electron chi connectivity index (χ3n) is 6.26. The van der Waals surface area contributed by atoms with Crippen molar-refractivity contribution in [1.82, 2.24) is 0 Å². The zero-order valence-corrected chi connectivity index (χ0v) is 16.9. The molecule has 0 spiro atoms. The molecule has 0 atom stereocenters. The summed E-state index contributed by atoms with van der Waals surface area (Å²) in [5.41, 5.74) is 7.41. The van der Waals surface area contributed by atoms with Crippen molar-refractivity contribution in [3.8, 4) is 22.6 Å². The van der Waals surface area contributed by atoms with Crippen molar-refractivity contribution in [3.63, 3.8) is 0 Å². The summed E-state index contributed by atoms with van der Waals surface area (Å²) in [6.45, 7) is 0.313. The standard InChI is InChI=1S/C28H20O3/c29-28(23-13-7-15-27-24(23)16-18-8-1-6-14-26(18)31-27)30-17-25-21-11-4-2-9-19(21)20-10-3-5-12-22(20)25/h1-15,25H,16-17H2. The van der Waals surface area contributed by atoms with Gasteiger partial charge in [0, 0.05) is 17.9 Å². The normalized spacial score (nSPS) is 13.4. The number of ether oxygens (including phenoxy) is 2. The Morgan fingerprint density at radius 1 is 0.774 bits per heavy atom. The number of esters is 1. The van der Waals surface area contributed by atoms with Gasteiger partial charge >= 0.3 is 5.97 Å². The highest BCUT2D eigenvalue weighted by Crippen LogP contribution is 2.45. The van der Waals surface area contributed by atoms with Crippen molar-refractivity contribution in [2.24, 2.45) is 0 Å².